The van der Waals surface area contributed by atoms with Crippen LogP contribution in [-0.2, 0) is 9.53 Å². The summed E-state index contributed by atoms with van der Waals surface area (Å²) < 4.78 is 10.5. The van der Waals surface area contributed by atoms with Crippen molar-refractivity contribution >= 4 is 24.0 Å². The lowest BCUT2D eigenvalue weighted by molar-refractivity contribution is -0.142. The zero-order valence-electron chi connectivity index (χ0n) is 11.6. The van der Waals surface area contributed by atoms with Gasteiger partial charge in [-0.05, 0) is 19.1 Å². The summed E-state index contributed by atoms with van der Waals surface area (Å²) in [6.07, 6.45) is 0. The van der Waals surface area contributed by atoms with E-state index in [2.05, 4.69) is 14.7 Å². The van der Waals surface area contributed by atoms with Gasteiger partial charge in [-0.15, -0.1) is 0 Å². The van der Waals surface area contributed by atoms with Gasteiger partial charge in [0.1, 0.15) is 10.4 Å². The molecule has 0 saturated heterocycles. The molecule has 0 aliphatic heterocycles. The van der Waals surface area contributed by atoms with Crippen LogP contribution in [0.25, 0.3) is 0 Å². The number of carbonyl (C=O) groups is 1. The number of nitrogens with one attached hydrogen (secondary N) is 1. The van der Waals surface area contributed by atoms with E-state index in [4.69, 9.17) is 22.7 Å². The number of nitrogen functional groups attached to an aromatic ring is 1. The van der Waals surface area contributed by atoms with E-state index >= 15 is 0 Å². The fraction of sp³-hybridized carbons (Fsp3) is 0.214. The van der Waals surface area contributed by atoms with Crippen LogP contribution in [0.3, 0.4) is 0 Å². The fourth-order valence-corrected chi connectivity index (χ4v) is 2.04. The van der Waals surface area contributed by atoms with Crippen LogP contribution in [-0.4, -0.2) is 23.0 Å². The fourth-order valence-electron chi connectivity index (χ4n) is 1.73. The van der Waals surface area contributed by atoms with Crippen LogP contribution >= 0.6 is 12.2 Å². The van der Waals surface area contributed by atoms with Crippen LogP contribution in [0.15, 0.2) is 30.3 Å². The third-order valence-electron chi connectivity index (χ3n) is 2.86. The summed E-state index contributed by atoms with van der Waals surface area (Å²) in [5, 5.41) is 0. The molecule has 0 saturated carbocycles. The first kappa shape index (κ1) is 15.0. The van der Waals surface area contributed by atoms with E-state index in [1.807, 2.05) is 18.2 Å². The van der Waals surface area contributed by atoms with Crippen molar-refractivity contribution < 1.29 is 14.3 Å². The number of methoxy groups -OCH3 is 1. The minimum absolute atomic E-state index is 0.123. The summed E-state index contributed by atoms with van der Waals surface area (Å²) >= 11 is 5.20. The Labute approximate surface area is 126 Å². The number of esters is 1. The molecule has 2 rings (SSSR count). The highest BCUT2D eigenvalue weighted by atomic mass is 32.1. The molecule has 0 bridgehead atoms. The lowest BCUT2D eigenvalue weighted by atomic mass is 10.1. The number of nitrogens with zero attached hydrogens (tertiary/aromatic N) is 1. The Morgan fingerprint density at radius 3 is 2.67 bits per heavy atom. The molecule has 1 aromatic heterocycles. The Hall–Kier alpha value is -2.41. The number of benzene rings is 1. The second-order valence-electron chi connectivity index (χ2n) is 4.33. The SMILES string of the molecule is COC(=O)C(C)c1nc(N)c(Oc2ccccc2)[nH]c1=S. The second kappa shape index (κ2) is 6.36. The molecule has 21 heavy (non-hydrogen) atoms. The highest BCUT2D eigenvalue weighted by Crippen LogP contribution is 2.26. The number of para-hydroxylation sites is 1. The Balaban J connectivity index is 2.33. The summed E-state index contributed by atoms with van der Waals surface area (Å²) in [5.41, 5.74) is 6.21. The van der Waals surface area contributed by atoms with Gasteiger partial charge >= 0.3 is 5.97 Å². The number of hydrogen-bond donors (Lipinski definition) is 2. The molecule has 1 heterocycles. The number of ether oxygens (including phenoxy) is 2. The Morgan fingerprint density at radius 2 is 2.05 bits per heavy atom. The lowest BCUT2D eigenvalue weighted by Crippen LogP contribution is -2.14. The average Bonchev–Trinajstić information content (AvgIpc) is 2.50. The number of anilines is 1. The minimum atomic E-state index is -0.605. The van der Waals surface area contributed by atoms with Crippen LogP contribution in [0.5, 0.6) is 11.6 Å². The molecule has 6 nitrogen and oxygen atoms in total. The standard InChI is InChI=1S/C14H15N3O3S/c1-8(14(18)19-2)10-13(21)17-12(11(15)16-10)20-9-6-4-3-5-7-9/h3-8H,1-2H3,(H2,15,16)(H,17,21). The van der Waals surface area contributed by atoms with Crippen molar-refractivity contribution in [3.63, 3.8) is 0 Å². The van der Waals surface area contributed by atoms with Gasteiger partial charge in [-0.3, -0.25) is 4.79 Å². The summed E-state index contributed by atoms with van der Waals surface area (Å²) in [6.45, 7) is 1.65. The van der Waals surface area contributed by atoms with Crippen molar-refractivity contribution in [3.05, 3.63) is 40.7 Å². The molecule has 0 aliphatic rings. The van der Waals surface area contributed by atoms with E-state index < -0.39 is 11.9 Å². The molecule has 110 valence electrons. The molecule has 2 aromatic rings. The molecule has 0 amide bonds. The van der Waals surface area contributed by atoms with Crippen LogP contribution < -0.4 is 10.5 Å². The third-order valence-corrected chi connectivity index (χ3v) is 3.17. The topological polar surface area (TPSA) is 90.2 Å². The van der Waals surface area contributed by atoms with Gasteiger partial charge in [0.2, 0.25) is 5.88 Å². The van der Waals surface area contributed by atoms with E-state index in [1.54, 1.807) is 19.1 Å². The first-order chi connectivity index (χ1) is 10.0. The van der Waals surface area contributed by atoms with Crippen LogP contribution in [0.4, 0.5) is 5.82 Å². The molecule has 0 fully saturated rings. The molecule has 0 aliphatic carbocycles. The van der Waals surface area contributed by atoms with Gasteiger partial charge in [0.05, 0.1) is 18.7 Å². The third kappa shape index (κ3) is 3.38. The van der Waals surface area contributed by atoms with Crippen molar-refractivity contribution in [2.75, 3.05) is 12.8 Å². The minimum Gasteiger partial charge on any atom is -0.469 e. The maximum atomic E-state index is 11.6. The molecular formula is C14H15N3O3S. The van der Waals surface area contributed by atoms with E-state index in [0.717, 1.165) is 0 Å². The van der Waals surface area contributed by atoms with E-state index in [9.17, 15) is 4.79 Å². The average molecular weight is 305 g/mol. The van der Waals surface area contributed by atoms with Gasteiger partial charge in [0.25, 0.3) is 0 Å². The van der Waals surface area contributed by atoms with Crippen LogP contribution in [0, 0.1) is 4.64 Å². The van der Waals surface area contributed by atoms with Gasteiger partial charge in [0, 0.05) is 0 Å². The zero-order chi connectivity index (χ0) is 15.4. The van der Waals surface area contributed by atoms with E-state index in [0.29, 0.717) is 11.4 Å². The lowest BCUT2D eigenvalue weighted by Gasteiger charge is -2.12. The maximum absolute atomic E-state index is 11.6. The molecule has 1 unspecified atom stereocenters. The van der Waals surface area contributed by atoms with Crippen molar-refractivity contribution in [1.82, 2.24) is 9.97 Å². The number of H-pyrrole nitrogens is 1. The number of hydrogen-bond acceptors (Lipinski definition) is 6. The normalized spacial score (nSPS) is 11.7. The largest absolute Gasteiger partial charge is 0.469 e. The predicted molar refractivity (Wildman–Crippen MR) is 80.8 cm³/mol. The highest BCUT2D eigenvalue weighted by molar-refractivity contribution is 7.71. The van der Waals surface area contributed by atoms with Crippen molar-refractivity contribution in [2.45, 2.75) is 12.8 Å². The van der Waals surface area contributed by atoms with Crippen LogP contribution in [0.1, 0.15) is 18.5 Å². The summed E-state index contributed by atoms with van der Waals surface area (Å²) in [5.74, 6) is -0.0689. The second-order valence-corrected chi connectivity index (χ2v) is 4.73. The quantitative estimate of drug-likeness (QED) is 0.667. The Morgan fingerprint density at radius 1 is 1.38 bits per heavy atom. The first-order valence-corrected chi connectivity index (χ1v) is 6.64. The van der Waals surface area contributed by atoms with Gasteiger partial charge in [-0.25, -0.2) is 4.98 Å². The highest BCUT2D eigenvalue weighted by Gasteiger charge is 2.21. The smallest absolute Gasteiger partial charge is 0.314 e. The monoisotopic (exact) mass is 305 g/mol. The zero-order valence-corrected chi connectivity index (χ0v) is 12.4. The first-order valence-electron chi connectivity index (χ1n) is 6.23. The van der Waals surface area contributed by atoms with Gasteiger partial charge < -0.3 is 20.2 Å². The molecule has 1 atom stereocenters. The van der Waals surface area contributed by atoms with E-state index in [1.165, 1.54) is 7.11 Å². The number of carbonyl (C=O) groups excluding carboxylic acids is 1. The van der Waals surface area contributed by atoms with Gasteiger partial charge in [-0.2, -0.15) is 0 Å². The van der Waals surface area contributed by atoms with Gasteiger partial charge in [0.15, 0.2) is 5.82 Å². The molecular weight excluding hydrogens is 290 g/mol. The Bertz CT molecular complexity index is 700. The Kier molecular flexibility index (Phi) is 4.54. The predicted octanol–water partition coefficient (Wildman–Crippen LogP) is 2.79. The van der Waals surface area contributed by atoms with Crippen molar-refractivity contribution in [3.8, 4) is 11.6 Å². The molecule has 1 aromatic carbocycles. The van der Waals surface area contributed by atoms with E-state index in [-0.39, 0.29) is 16.3 Å². The maximum Gasteiger partial charge on any atom is 0.314 e. The molecule has 0 radical (unpaired) electrons. The molecule has 3 N–H and O–H groups in total. The summed E-state index contributed by atoms with van der Waals surface area (Å²) in [6, 6.07) is 9.10. The number of aromatic amines is 1. The van der Waals surface area contributed by atoms with Crippen molar-refractivity contribution in [2.24, 2.45) is 0 Å². The van der Waals surface area contributed by atoms with Gasteiger partial charge in [-0.1, -0.05) is 30.4 Å². The number of aromatic nitrogens is 2. The number of nitrogens with two attached hydrogens (primary N) is 1. The summed E-state index contributed by atoms with van der Waals surface area (Å²) in [7, 11) is 1.31. The molecule has 7 heteroatoms. The molecule has 0 spiro atoms. The number of rotatable bonds is 4. The van der Waals surface area contributed by atoms with Crippen LogP contribution in [0.2, 0.25) is 0 Å². The van der Waals surface area contributed by atoms with Crippen molar-refractivity contribution in [1.29, 1.82) is 0 Å². The summed E-state index contributed by atoms with van der Waals surface area (Å²) in [4.78, 5) is 18.6.